The van der Waals surface area contributed by atoms with Gasteiger partial charge >= 0.3 is 5.97 Å². The Bertz CT molecular complexity index is 1160. The number of nitro benzene ring substituents is 1. The molecule has 2 aromatic rings. The summed E-state index contributed by atoms with van der Waals surface area (Å²) >= 11 is 0. The summed E-state index contributed by atoms with van der Waals surface area (Å²) in [6.07, 6.45) is 0. The smallest absolute Gasteiger partial charge is 0.326 e. The van der Waals surface area contributed by atoms with E-state index in [4.69, 9.17) is 14.2 Å². The van der Waals surface area contributed by atoms with E-state index in [1.54, 1.807) is 25.1 Å². The molecule has 0 radical (unpaired) electrons. The number of carbonyl (C=O) groups is 4. The summed E-state index contributed by atoms with van der Waals surface area (Å²) in [6.45, 7) is 2.96. The van der Waals surface area contributed by atoms with E-state index < -0.39 is 47.5 Å². The van der Waals surface area contributed by atoms with Crippen LogP contribution in [0.4, 0.5) is 11.4 Å². The Morgan fingerprint density at radius 2 is 1.74 bits per heavy atom. The number of benzene rings is 2. The van der Waals surface area contributed by atoms with Gasteiger partial charge in [0.1, 0.15) is 12.1 Å². The second-order valence-electron chi connectivity index (χ2n) is 6.89. The van der Waals surface area contributed by atoms with Crippen LogP contribution in [0.3, 0.4) is 0 Å². The van der Waals surface area contributed by atoms with Crippen molar-refractivity contribution in [2.45, 2.75) is 13.8 Å². The number of amides is 3. The van der Waals surface area contributed by atoms with Crippen molar-refractivity contribution in [1.82, 2.24) is 4.90 Å². The quantitative estimate of drug-likeness (QED) is 0.237. The van der Waals surface area contributed by atoms with Crippen molar-refractivity contribution in [2.24, 2.45) is 0 Å². The molecule has 0 aromatic heterocycles. The maximum Gasteiger partial charge on any atom is 0.326 e. The lowest BCUT2D eigenvalue weighted by molar-refractivity contribution is -0.385. The second kappa shape index (κ2) is 10.4. The predicted octanol–water partition coefficient (Wildman–Crippen LogP) is 2.17. The number of hydrogen-bond acceptors (Lipinski definition) is 9. The van der Waals surface area contributed by atoms with Crippen LogP contribution < -0.4 is 14.8 Å². The summed E-state index contributed by atoms with van der Waals surface area (Å²) in [7, 11) is 0. The van der Waals surface area contributed by atoms with E-state index in [2.05, 4.69) is 5.32 Å². The van der Waals surface area contributed by atoms with Crippen molar-refractivity contribution in [2.75, 3.05) is 31.7 Å². The zero-order valence-corrected chi connectivity index (χ0v) is 18.4. The molecule has 3 amide bonds. The number of fused-ring (bicyclic) bond motifs is 1. The van der Waals surface area contributed by atoms with Crippen LogP contribution in [0, 0.1) is 10.1 Å². The fourth-order valence-electron chi connectivity index (χ4n) is 3.26. The van der Waals surface area contributed by atoms with Crippen LogP contribution in [0.15, 0.2) is 36.4 Å². The van der Waals surface area contributed by atoms with Crippen LogP contribution in [0.25, 0.3) is 0 Å². The van der Waals surface area contributed by atoms with Gasteiger partial charge in [-0.1, -0.05) is 6.07 Å². The first kappa shape index (κ1) is 24.2. The molecular formula is C22H21N3O9. The van der Waals surface area contributed by atoms with Gasteiger partial charge in [0.2, 0.25) is 0 Å². The average Bonchev–Trinajstić information content (AvgIpc) is 3.04. The van der Waals surface area contributed by atoms with Gasteiger partial charge in [-0.3, -0.25) is 34.2 Å². The van der Waals surface area contributed by atoms with E-state index in [-0.39, 0.29) is 11.1 Å². The third kappa shape index (κ3) is 5.11. The molecular weight excluding hydrogens is 450 g/mol. The van der Waals surface area contributed by atoms with Crippen molar-refractivity contribution in [3.8, 4) is 11.5 Å². The zero-order valence-electron chi connectivity index (χ0n) is 18.4. The summed E-state index contributed by atoms with van der Waals surface area (Å²) in [5, 5.41) is 13.7. The first-order valence-electron chi connectivity index (χ1n) is 10.3. The highest BCUT2D eigenvalue weighted by Crippen LogP contribution is 2.31. The van der Waals surface area contributed by atoms with Crippen molar-refractivity contribution < 1.29 is 38.3 Å². The van der Waals surface area contributed by atoms with E-state index in [9.17, 15) is 29.3 Å². The summed E-state index contributed by atoms with van der Waals surface area (Å²) in [6, 6.07) is 8.38. The molecule has 0 spiro atoms. The van der Waals surface area contributed by atoms with Gasteiger partial charge in [-0.25, -0.2) is 0 Å². The maximum atomic E-state index is 12.5. The SMILES string of the molecule is CCOc1ccc(NC(=O)COC(=O)CN2C(=O)c3cccc([N+](=O)[O-])c3C2=O)cc1OCC. The number of imide groups is 1. The number of rotatable bonds is 10. The molecule has 0 saturated heterocycles. The van der Waals surface area contributed by atoms with Gasteiger partial charge in [0.15, 0.2) is 18.1 Å². The number of anilines is 1. The van der Waals surface area contributed by atoms with Crippen molar-refractivity contribution in [1.29, 1.82) is 0 Å². The minimum atomic E-state index is -1.03. The fourth-order valence-corrected chi connectivity index (χ4v) is 3.26. The normalized spacial score (nSPS) is 12.2. The van der Waals surface area contributed by atoms with E-state index in [1.165, 1.54) is 12.1 Å². The Labute approximate surface area is 193 Å². The van der Waals surface area contributed by atoms with E-state index >= 15 is 0 Å². The summed E-state index contributed by atoms with van der Waals surface area (Å²) in [4.78, 5) is 60.2. The Morgan fingerprint density at radius 1 is 1.03 bits per heavy atom. The molecule has 1 aliphatic heterocycles. The molecule has 12 nitrogen and oxygen atoms in total. The summed E-state index contributed by atoms with van der Waals surface area (Å²) < 4.78 is 15.8. The van der Waals surface area contributed by atoms with Gasteiger partial charge in [-0.15, -0.1) is 0 Å². The first-order chi connectivity index (χ1) is 16.3. The minimum Gasteiger partial charge on any atom is -0.490 e. The number of nitro groups is 1. The van der Waals surface area contributed by atoms with Gasteiger partial charge in [0, 0.05) is 17.8 Å². The number of ether oxygens (including phenoxy) is 3. The molecule has 3 rings (SSSR count). The number of carbonyl (C=O) groups excluding carboxylic acids is 4. The molecule has 178 valence electrons. The van der Waals surface area contributed by atoms with Crippen LogP contribution in [0.5, 0.6) is 11.5 Å². The monoisotopic (exact) mass is 471 g/mol. The highest BCUT2D eigenvalue weighted by Gasteiger charge is 2.41. The Kier molecular flexibility index (Phi) is 7.41. The molecule has 34 heavy (non-hydrogen) atoms. The summed E-state index contributed by atoms with van der Waals surface area (Å²) in [5.74, 6) is -2.60. The highest BCUT2D eigenvalue weighted by atomic mass is 16.6. The maximum absolute atomic E-state index is 12.5. The molecule has 12 heteroatoms. The first-order valence-corrected chi connectivity index (χ1v) is 10.3. The molecule has 0 unspecified atom stereocenters. The number of hydrogen-bond donors (Lipinski definition) is 1. The minimum absolute atomic E-state index is 0.176. The molecule has 2 aromatic carbocycles. The van der Waals surface area contributed by atoms with E-state index in [0.717, 1.165) is 6.07 Å². The molecule has 1 heterocycles. The van der Waals surface area contributed by atoms with Crippen molar-refractivity contribution >= 4 is 35.1 Å². The lowest BCUT2D eigenvalue weighted by Crippen LogP contribution is -2.36. The Hall–Kier alpha value is -4.48. The predicted molar refractivity (Wildman–Crippen MR) is 117 cm³/mol. The number of esters is 1. The van der Waals surface area contributed by atoms with E-state index in [1.807, 2.05) is 6.92 Å². The Morgan fingerprint density at radius 3 is 2.41 bits per heavy atom. The molecule has 0 saturated carbocycles. The Balaban J connectivity index is 1.58. The van der Waals surface area contributed by atoms with Crippen molar-refractivity contribution in [3.05, 3.63) is 57.6 Å². The van der Waals surface area contributed by atoms with Gasteiger partial charge in [-0.2, -0.15) is 0 Å². The van der Waals surface area contributed by atoms with Crippen LogP contribution in [0.1, 0.15) is 34.6 Å². The topological polar surface area (TPSA) is 154 Å². The second-order valence-corrected chi connectivity index (χ2v) is 6.89. The number of nitrogens with zero attached hydrogens (tertiary/aromatic N) is 2. The third-order valence-electron chi connectivity index (χ3n) is 4.65. The van der Waals surface area contributed by atoms with Crippen molar-refractivity contribution in [3.63, 3.8) is 0 Å². The fraction of sp³-hybridized carbons (Fsp3) is 0.273. The standard InChI is InChI=1S/C22H21N3O9/c1-3-32-16-9-8-13(10-17(16)33-4-2)23-18(26)12-34-19(27)11-24-21(28)14-6-5-7-15(25(30)31)20(14)22(24)29/h5-10H,3-4,11-12H2,1-2H3,(H,23,26). The molecule has 0 fully saturated rings. The lowest BCUT2D eigenvalue weighted by atomic mass is 10.1. The molecule has 1 N–H and O–H groups in total. The highest BCUT2D eigenvalue weighted by molar-refractivity contribution is 6.24. The van der Waals surface area contributed by atoms with E-state index in [0.29, 0.717) is 35.3 Å². The molecule has 0 aliphatic carbocycles. The van der Waals surface area contributed by atoms with Crippen LogP contribution in [-0.4, -0.2) is 59.9 Å². The summed E-state index contributed by atoms with van der Waals surface area (Å²) in [5.41, 5.74) is -0.720. The molecule has 0 atom stereocenters. The van der Waals surface area contributed by atoms with Gasteiger partial charge in [-0.05, 0) is 32.0 Å². The molecule has 1 aliphatic rings. The van der Waals surface area contributed by atoms with Gasteiger partial charge in [0.05, 0.1) is 23.7 Å². The third-order valence-corrected chi connectivity index (χ3v) is 4.65. The average molecular weight is 471 g/mol. The number of nitrogens with one attached hydrogen (secondary N) is 1. The van der Waals surface area contributed by atoms with Crippen LogP contribution in [0.2, 0.25) is 0 Å². The largest absolute Gasteiger partial charge is 0.490 e. The van der Waals surface area contributed by atoms with Crippen LogP contribution in [-0.2, 0) is 14.3 Å². The van der Waals surface area contributed by atoms with Crippen LogP contribution >= 0.6 is 0 Å². The van der Waals surface area contributed by atoms with Gasteiger partial charge < -0.3 is 19.5 Å². The zero-order chi connectivity index (χ0) is 24.8. The van der Waals surface area contributed by atoms with Gasteiger partial charge in [0.25, 0.3) is 23.4 Å². The molecule has 0 bridgehead atoms. The lowest BCUT2D eigenvalue weighted by Gasteiger charge is -2.14.